The lowest BCUT2D eigenvalue weighted by atomic mass is 9.91. The van der Waals surface area contributed by atoms with Crippen LogP contribution in [0.1, 0.15) is 43.9 Å². The highest BCUT2D eigenvalue weighted by Gasteiger charge is 2.32. The van der Waals surface area contributed by atoms with Gasteiger partial charge in [-0.3, -0.25) is 9.69 Å². The predicted octanol–water partition coefficient (Wildman–Crippen LogP) is 5.68. The zero-order valence-corrected chi connectivity index (χ0v) is 18.7. The maximum Gasteiger partial charge on any atom is 0.307 e. The first-order valence-electron chi connectivity index (χ1n) is 10.3. The van der Waals surface area contributed by atoms with Gasteiger partial charge in [-0.05, 0) is 68.6 Å². The van der Waals surface area contributed by atoms with E-state index in [2.05, 4.69) is 4.90 Å². The maximum atomic E-state index is 11.6. The molecule has 0 amide bonds. The molecule has 162 valence electrons. The normalized spacial score (nSPS) is 18.1. The molecule has 0 bridgehead atoms. The van der Waals surface area contributed by atoms with E-state index in [-0.39, 0.29) is 6.04 Å². The van der Waals surface area contributed by atoms with Crippen LogP contribution in [0, 0.1) is 5.92 Å². The molecule has 2 aromatic rings. The van der Waals surface area contributed by atoms with E-state index in [9.17, 15) is 9.90 Å². The number of carboxylic acid groups (broad SMARTS) is 1. The maximum absolute atomic E-state index is 11.6. The van der Waals surface area contributed by atoms with E-state index in [1.165, 1.54) is 0 Å². The van der Waals surface area contributed by atoms with Gasteiger partial charge in [-0.2, -0.15) is 0 Å². The van der Waals surface area contributed by atoms with Crippen molar-refractivity contribution in [3.8, 4) is 11.5 Å². The Hall–Kier alpha value is -1.95. The Morgan fingerprint density at radius 1 is 1.07 bits per heavy atom. The van der Waals surface area contributed by atoms with E-state index < -0.39 is 11.9 Å². The van der Waals surface area contributed by atoms with Crippen molar-refractivity contribution in [2.45, 2.75) is 32.7 Å². The molecule has 30 heavy (non-hydrogen) atoms. The lowest BCUT2D eigenvalue weighted by Crippen LogP contribution is -2.41. The summed E-state index contributed by atoms with van der Waals surface area (Å²) in [6.45, 7) is 6.19. The number of aliphatic carboxylic acids is 1. The van der Waals surface area contributed by atoms with E-state index in [0.717, 1.165) is 24.1 Å². The van der Waals surface area contributed by atoms with E-state index in [0.29, 0.717) is 47.7 Å². The molecule has 0 radical (unpaired) electrons. The molecule has 1 N–H and O–H groups in total. The fourth-order valence-corrected chi connectivity index (χ4v) is 4.28. The first-order chi connectivity index (χ1) is 14.4. The van der Waals surface area contributed by atoms with E-state index in [1.807, 2.05) is 44.2 Å². The van der Waals surface area contributed by atoms with Crippen LogP contribution in [0.4, 0.5) is 0 Å². The van der Waals surface area contributed by atoms with Gasteiger partial charge in [-0.15, -0.1) is 0 Å². The molecule has 1 fully saturated rings. The third-order valence-electron chi connectivity index (χ3n) is 5.31. The van der Waals surface area contributed by atoms with Gasteiger partial charge in [0.05, 0.1) is 35.2 Å². The van der Waals surface area contributed by atoms with Crippen LogP contribution in [-0.2, 0) is 4.79 Å². The quantitative estimate of drug-likeness (QED) is 0.559. The van der Waals surface area contributed by atoms with Crippen LogP contribution in [0.5, 0.6) is 11.5 Å². The third-order valence-corrected chi connectivity index (χ3v) is 6.05. The lowest BCUT2D eigenvalue weighted by Gasteiger charge is -2.38. The number of hydrogen-bond donors (Lipinski definition) is 1. The van der Waals surface area contributed by atoms with Gasteiger partial charge in [0, 0.05) is 6.54 Å². The number of nitrogens with zero attached hydrogens (tertiary/aromatic N) is 1. The second-order valence-electron chi connectivity index (χ2n) is 7.32. The number of ether oxygens (including phenoxy) is 2. The van der Waals surface area contributed by atoms with E-state index in [4.69, 9.17) is 32.7 Å². The fourth-order valence-electron chi connectivity index (χ4n) is 3.98. The molecule has 1 heterocycles. The van der Waals surface area contributed by atoms with Gasteiger partial charge in [-0.25, -0.2) is 0 Å². The van der Waals surface area contributed by atoms with Crippen LogP contribution < -0.4 is 9.47 Å². The monoisotopic (exact) mass is 451 g/mol. The molecule has 1 aliphatic heterocycles. The summed E-state index contributed by atoms with van der Waals surface area (Å²) in [6.07, 6.45) is 1.51. The fraction of sp³-hybridized carbons (Fsp3) is 0.435. The van der Waals surface area contributed by atoms with Crippen LogP contribution in [-0.4, -0.2) is 42.3 Å². The van der Waals surface area contributed by atoms with Crippen molar-refractivity contribution in [2.24, 2.45) is 5.92 Å². The number of halogens is 2. The van der Waals surface area contributed by atoms with Crippen LogP contribution >= 0.6 is 23.2 Å². The number of likely N-dealkylation sites (tertiary alicyclic amines) is 1. The van der Waals surface area contributed by atoms with Crippen molar-refractivity contribution in [1.29, 1.82) is 0 Å². The van der Waals surface area contributed by atoms with Gasteiger partial charge in [0.2, 0.25) is 0 Å². The minimum absolute atomic E-state index is 0.170. The summed E-state index contributed by atoms with van der Waals surface area (Å²) >= 11 is 12.5. The molecule has 0 aromatic heterocycles. The summed E-state index contributed by atoms with van der Waals surface area (Å²) in [7, 11) is 0. The Balaban J connectivity index is 2.05. The summed E-state index contributed by atoms with van der Waals surface area (Å²) in [6, 6.07) is 11.3. The van der Waals surface area contributed by atoms with Crippen molar-refractivity contribution in [3.63, 3.8) is 0 Å². The number of rotatable bonds is 8. The summed E-state index contributed by atoms with van der Waals surface area (Å²) < 4.78 is 11.5. The van der Waals surface area contributed by atoms with Crippen molar-refractivity contribution in [3.05, 3.63) is 57.6 Å². The number of carbonyl (C=O) groups is 1. The van der Waals surface area contributed by atoms with Gasteiger partial charge in [0.15, 0.2) is 11.5 Å². The van der Waals surface area contributed by atoms with Crippen molar-refractivity contribution >= 4 is 29.2 Å². The van der Waals surface area contributed by atoms with Gasteiger partial charge in [-0.1, -0.05) is 35.3 Å². The highest BCUT2D eigenvalue weighted by molar-refractivity contribution is 6.42. The minimum Gasteiger partial charge on any atom is -0.490 e. The first-order valence-corrected chi connectivity index (χ1v) is 11.0. The van der Waals surface area contributed by atoms with E-state index in [1.54, 1.807) is 6.07 Å². The zero-order valence-electron chi connectivity index (χ0n) is 17.2. The average molecular weight is 452 g/mol. The Labute approximate surface area is 187 Å². The summed E-state index contributed by atoms with van der Waals surface area (Å²) in [5, 5.41) is 10.5. The van der Waals surface area contributed by atoms with Crippen molar-refractivity contribution in [1.82, 2.24) is 4.90 Å². The number of carboxylic acids is 1. The third kappa shape index (κ3) is 5.20. The summed E-state index contributed by atoms with van der Waals surface area (Å²) in [4.78, 5) is 13.9. The first kappa shape index (κ1) is 22.7. The Morgan fingerprint density at radius 3 is 2.40 bits per heavy atom. The molecule has 0 aliphatic carbocycles. The largest absolute Gasteiger partial charge is 0.490 e. The SMILES string of the molecule is CCOc1ccc(C(c2ccc(Cl)c(Cl)c2)N2CCCC(C(=O)O)C2)cc1OCC. The molecule has 0 spiro atoms. The average Bonchev–Trinajstić information content (AvgIpc) is 2.73. The molecule has 2 unspecified atom stereocenters. The molecule has 2 aromatic carbocycles. The predicted molar refractivity (Wildman–Crippen MR) is 119 cm³/mol. The molecule has 0 saturated carbocycles. The van der Waals surface area contributed by atoms with Crippen molar-refractivity contribution in [2.75, 3.05) is 26.3 Å². The molecular formula is C23H27Cl2NO4. The molecular weight excluding hydrogens is 425 g/mol. The van der Waals surface area contributed by atoms with Crippen LogP contribution in [0.15, 0.2) is 36.4 Å². The van der Waals surface area contributed by atoms with Gasteiger partial charge < -0.3 is 14.6 Å². The van der Waals surface area contributed by atoms with Crippen LogP contribution in [0.2, 0.25) is 10.0 Å². The molecule has 7 heteroatoms. The van der Waals surface area contributed by atoms with Crippen LogP contribution in [0.3, 0.4) is 0 Å². The molecule has 1 saturated heterocycles. The van der Waals surface area contributed by atoms with Gasteiger partial charge >= 0.3 is 5.97 Å². The van der Waals surface area contributed by atoms with Crippen molar-refractivity contribution < 1.29 is 19.4 Å². The van der Waals surface area contributed by atoms with Crippen LogP contribution in [0.25, 0.3) is 0 Å². The summed E-state index contributed by atoms with van der Waals surface area (Å²) in [5.74, 6) is 0.221. The molecule has 3 rings (SSSR count). The highest BCUT2D eigenvalue weighted by Crippen LogP contribution is 2.39. The smallest absolute Gasteiger partial charge is 0.307 e. The lowest BCUT2D eigenvalue weighted by molar-refractivity contribution is -0.143. The topological polar surface area (TPSA) is 59.0 Å². The molecule has 1 aliphatic rings. The minimum atomic E-state index is -0.755. The van der Waals surface area contributed by atoms with Gasteiger partial charge in [0.25, 0.3) is 0 Å². The second-order valence-corrected chi connectivity index (χ2v) is 8.14. The van der Waals surface area contributed by atoms with Gasteiger partial charge in [0.1, 0.15) is 0 Å². The Kier molecular flexibility index (Phi) is 7.87. The Morgan fingerprint density at radius 2 is 1.73 bits per heavy atom. The Bertz CT molecular complexity index is 890. The standard InChI is InChI=1S/C23H27Cl2NO4/c1-3-29-20-10-8-16(13-21(20)30-4-2)22(15-7-9-18(24)19(25)12-15)26-11-5-6-17(14-26)23(27)28/h7-10,12-13,17,22H,3-6,11,14H2,1-2H3,(H,27,28). The second kappa shape index (κ2) is 10.4. The number of piperidine rings is 1. The molecule has 2 atom stereocenters. The highest BCUT2D eigenvalue weighted by atomic mass is 35.5. The number of benzene rings is 2. The molecule has 5 nitrogen and oxygen atoms in total. The summed E-state index contributed by atoms with van der Waals surface area (Å²) in [5.41, 5.74) is 1.95. The van der Waals surface area contributed by atoms with E-state index >= 15 is 0 Å². The number of hydrogen-bond acceptors (Lipinski definition) is 4. The zero-order chi connectivity index (χ0) is 21.7.